The van der Waals surface area contributed by atoms with E-state index in [1.54, 1.807) is 42.5 Å². The lowest BCUT2D eigenvalue weighted by atomic mass is 9.97. The van der Waals surface area contributed by atoms with Crippen LogP contribution in [0.15, 0.2) is 42.5 Å². The molecule has 0 unspecified atom stereocenters. The van der Waals surface area contributed by atoms with Crippen molar-refractivity contribution in [1.82, 2.24) is 0 Å². The molecule has 2 aromatic rings. The Hall–Kier alpha value is -3.02. The maximum atomic E-state index is 12.6. The number of hydrogen-bond donors (Lipinski definition) is 1. The number of anilines is 1. The van der Waals surface area contributed by atoms with Crippen molar-refractivity contribution in [1.29, 1.82) is 0 Å². The molecule has 1 N–H and O–H groups in total. The molecule has 26 heavy (non-hydrogen) atoms. The number of benzene rings is 2. The molecule has 1 amide bonds. The fraction of sp³-hybridized carbons (Fsp3) is 0.300. The minimum atomic E-state index is -0.512. The highest BCUT2D eigenvalue weighted by atomic mass is 16.5. The van der Waals surface area contributed by atoms with Gasteiger partial charge >= 0.3 is 5.97 Å². The number of fused-ring (bicyclic) bond motifs is 1. The number of methoxy groups -OCH3 is 1. The van der Waals surface area contributed by atoms with Gasteiger partial charge in [-0.3, -0.25) is 4.79 Å². The van der Waals surface area contributed by atoms with Crippen LogP contribution >= 0.6 is 0 Å². The Labute approximate surface area is 152 Å². The quantitative estimate of drug-likeness (QED) is 0.853. The van der Waals surface area contributed by atoms with Gasteiger partial charge in [-0.15, -0.1) is 0 Å². The van der Waals surface area contributed by atoms with Crippen LogP contribution in [0, 0.1) is 5.41 Å². The zero-order chi connectivity index (χ0) is 18.7. The van der Waals surface area contributed by atoms with Gasteiger partial charge in [-0.25, -0.2) is 4.79 Å². The van der Waals surface area contributed by atoms with Crippen molar-refractivity contribution in [3.8, 4) is 11.5 Å². The van der Waals surface area contributed by atoms with Crippen LogP contribution in [-0.4, -0.2) is 32.2 Å². The summed E-state index contributed by atoms with van der Waals surface area (Å²) in [6, 6.07) is 11.7. The van der Waals surface area contributed by atoms with Gasteiger partial charge in [0, 0.05) is 11.0 Å². The zero-order valence-corrected chi connectivity index (χ0v) is 15.0. The second-order valence-electron chi connectivity index (χ2n) is 6.89. The van der Waals surface area contributed by atoms with E-state index in [9.17, 15) is 9.59 Å². The number of ether oxygens (including phenoxy) is 3. The van der Waals surface area contributed by atoms with Crippen LogP contribution in [0.5, 0.6) is 11.5 Å². The van der Waals surface area contributed by atoms with E-state index in [1.165, 1.54) is 7.11 Å². The van der Waals surface area contributed by atoms with Gasteiger partial charge in [0.15, 0.2) is 11.5 Å². The van der Waals surface area contributed by atoms with Crippen molar-refractivity contribution in [2.45, 2.75) is 13.8 Å². The Balaban J connectivity index is 1.82. The monoisotopic (exact) mass is 355 g/mol. The standard InChI is InChI=1S/C20H21NO5/c1-20(2)11-25-16-9-8-13(10-17(16)26-12-20)18(22)21-15-7-5-4-6-14(15)19(23)24-3/h4-10H,11-12H2,1-3H3,(H,21,22). The summed E-state index contributed by atoms with van der Waals surface area (Å²) in [6.07, 6.45) is 0. The zero-order valence-electron chi connectivity index (χ0n) is 15.0. The molecule has 0 bridgehead atoms. The fourth-order valence-electron chi connectivity index (χ4n) is 2.54. The van der Waals surface area contributed by atoms with E-state index in [1.807, 2.05) is 0 Å². The van der Waals surface area contributed by atoms with Gasteiger partial charge in [-0.05, 0) is 30.3 Å². The third-order valence-corrected chi connectivity index (χ3v) is 4.02. The number of carbonyl (C=O) groups excluding carboxylic acids is 2. The largest absolute Gasteiger partial charge is 0.489 e. The van der Waals surface area contributed by atoms with E-state index in [4.69, 9.17) is 14.2 Å². The molecule has 0 radical (unpaired) electrons. The molecule has 2 aromatic carbocycles. The van der Waals surface area contributed by atoms with Crippen molar-refractivity contribution < 1.29 is 23.8 Å². The second kappa shape index (κ2) is 7.07. The van der Waals surface area contributed by atoms with Crippen LogP contribution in [0.2, 0.25) is 0 Å². The third-order valence-electron chi connectivity index (χ3n) is 4.02. The molecule has 1 heterocycles. The SMILES string of the molecule is COC(=O)c1ccccc1NC(=O)c1ccc2c(c1)OCC(C)(C)CO2. The molecular formula is C20H21NO5. The predicted molar refractivity (Wildman–Crippen MR) is 96.9 cm³/mol. The first-order valence-electron chi connectivity index (χ1n) is 8.28. The van der Waals surface area contributed by atoms with Crippen molar-refractivity contribution in [3.05, 3.63) is 53.6 Å². The van der Waals surface area contributed by atoms with Gasteiger partial charge in [0.1, 0.15) is 0 Å². The minimum Gasteiger partial charge on any atom is -0.489 e. The third kappa shape index (κ3) is 3.79. The number of para-hydroxylation sites is 1. The van der Waals surface area contributed by atoms with E-state index >= 15 is 0 Å². The molecule has 6 nitrogen and oxygen atoms in total. The predicted octanol–water partition coefficient (Wildman–Crippen LogP) is 3.52. The van der Waals surface area contributed by atoms with Gasteiger partial charge in [-0.1, -0.05) is 26.0 Å². The number of hydrogen-bond acceptors (Lipinski definition) is 5. The highest BCUT2D eigenvalue weighted by molar-refractivity contribution is 6.08. The highest BCUT2D eigenvalue weighted by Crippen LogP contribution is 2.34. The number of carbonyl (C=O) groups is 2. The first-order valence-corrected chi connectivity index (χ1v) is 8.28. The summed E-state index contributed by atoms with van der Waals surface area (Å²) < 4.78 is 16.3. The maximum absolute atomic E-state index is 12.6. The summed E-state index contributed by atoms with van der Waals surface area (Å²) >= 11 is 0. The number of amides is 1. The lowest BCUT2D eigenvalue weighted by Gasteiger charge is -2.19. The van der Waals surface area contributed by atoms with E-state index < -0.39 is 5.97 Å². The molecule has 0 atom stereocenters. The number of rotatable bonds is 3. The van der Waals surface area contributed by atoms with Gasteiger partial charge < -0.3 is 19.5 Å². The number of nitrogens with one attached hydrogen (secondary N) is 1. The van der Waals surface area contributed by atoms with Gasteiger partial charge in [0.25, 0.3) is 5.91 Å². The van der Waals surface area contributed by atoms with Crippen LogP contribution in [0.25, 0.3) is 0 Å². The molecule has 6 heteroatoms. The Morgan fingerprint density at radius 3 is 2.46 bits per heavy atom. The van der Waals surface area contributed by atoms with Crippen LogP contribution < -0.4 is 14.8 Å². The van der Waals surface area contributed by atoms with Crippen LogP contribution in [0.3, 0.4) is 0 Å². The molecule has 0 spiro atoms. The highest BCUT2D eigenvalue weighted by Gasteiger charge is 2.26. The van der Waals surface area contributed by atoms with Crippen molar-refractivity contribution >= 4 is 17.6 Å². The molecule has 1 aliphatic rings. The second-order valence-corrected chi connectivity index (χ2v) is 6.89. The van der Waals surface area contributed by atoms with Gasteiger partial charge in [0.05, 0.1) is 31.6 Å². The van der Waals surface area contributed by atoms with E-state index in [-0.39, 0.29) is 11.3 Å². The number of esters is 1. The molecule has 1 aliphatic heterocycles. The molecule has 136 valence electrons. The summed E-state index contributed by atoms with van der Waals surface area (Å²) in [6.45, 7) is 5.14. The summed E-state index contributed by atoms with van der Waals surface area (Å²) in [5.74, 6) is 0.282. The molecular weight excluding hydrogens is 334 g/mol. The summed E-state index contributed by atoms with van der Waals surface area (Å²) in [7, 11) is 1.30. The summed E-state index contributed by atoms with van der Waals surface area (Å²) in [5, 5.41) is 2.74. The molecule has 0 saturated carbocycles. The van der Waals surface area contributed by atoms with E-state index in [0.717, 1.165) is 0 Å². The normalized spacial score (nSPS) is 14.9. The van der Waals surface area contributed by atoms with Crippen molar-refractivity contribution in [2.75, 3.05) is 25.6 Å². The molecule has 0 fully saturated rings. The molecule has 0 saturated heterocycles. The average Bonchev–Trinajstić information content (AvgIpc) is 2.79. The van der Waals surface area contributed by atoms with Gasteiger partial charge in [-0.2, -0.15) is 0 Å². The molecule has 3 rings (SSSR count). The Morgan fingerprint density at radius 1 is 1.04 bits per heavy atom. The summed E-state index contributed by atoms with van der Waals surface area (Å²) in [5.41, 5.74) is 0.977. The van der Waals surface area contributed by atoms with E-state index in [2.05, 4.69) is 19.2 Å². The summed E-state index contributed by atoms with van der Waals surface area (Å²) in [4.78, 5) is 24.4. The topological polar surface area (TPSA) is 73.9 Å². The average molecular weight is 355 g/mol. The lowest BCUT2D eigenvalue weighted by Crippen LogP contribution is -2.26. The Kier molecular flexibility index (Phi) is 4.84. The minimum absolute atomic E-state index is 0.110. The maximum Gasteiger partial charge on any atom is 0.339 e. The Bertz CT molecular complexity index is 844. The van der Waals surface area contributed by atoms with Crippen LogP contribution in [0.1, 0.15) is 34.6 Å². The van der Waals surface area contributed by atoms with E-state index in [0.29, 0.717) is 41.5 Å². The van der Waals surface area contributed by atoms with Crippen LogP contribution in [0.4, 0.5) is 5.69 Å². The van der Waals surface area contributed by atoms with Crippen molar-refractivity contribution in [3.63, 3.8) is 0 Å². The van der Waals surface area contributed by atoms with Gasteiger partial charge in [0.2, 0.25) is 0 Å². The lowest BCUT2D eigenvalue weighted by molar-refractivity contribution is 0.0602. The van der Waals surface area contributed by atoms with Crippen LogP contribution in [-0.2, 0) is 4.74 Å². The molecule has 0 aliphatic carbocycles. The Morgan fingerprint density at radius 2 is 1.73 bits per heavy atom. The van der Waals surface area contributed by atoms with Crippen molar-refractivity contribution in [2.24, 2.45) is 5.41 Å². The molecule has 0 aromatic heterocycles. The first kappa shape index (κ1) is 17.8. The fourth-order valence-corrected chi connectivity index (χ4v) is 2.54. The smallest absolute Gasteiger partial charge is 0.339 e. The first-order chi connectivity index (χ1) is 12.4.